The number of rotatable bonds is 5. The fraction of sp³-hybridized carbons (Fsp3) is 0.118. The number of ether oxygens (including phenoxy) is 1. The molecule has 0 N–H and O–H groups in total. The molecule has 0 radical (unpaired) electrons. The van der Waals surface area contributed by atoms with E-state index in [9.17, 15) is 0 Å². The number of aromatic nitrogens is 2. The van der Waals surface area contributed by atoms with Crippen LogP contribution in [-0.4, -0.2) is 9.55 Å². The monoisotopic (exact) mass is 400 g/mol. The van der Waals surface area contributed by atoms with Crippen LogP contribution in [0.2, 0.25) is 20.1 Å². The van der Waals surface area contributed by atoms with Crippen LogP contribution >= 0.6 is 46.4 Å². The molecule has 3 aromatic rings. The Bertz CT molecular complexity index is 827. The van der Waals surface area contributed by atoms with Crippen LogP contribution < -0.4 is 4.74 Å². The van der Waals surface area contributed by atoms with Gasteiger partial charge in [0, 0.05) is 34.5 Å². The molecule has 0 atom stereocenters. The van der Waals surface area contributed by atoms with Crippen molar-refractivity contribution in [1.82, 2.24) is 9.55 Å². The molecule has 0 spiro atoms. The third-order valence-electron chi connectivity index (χ3n) is 3.37. The summed E-state index contributed by atoms with van der Waals surface area (Å²) in [5.74, 6) is 0.429. The van der Waals surface area contributed by atoms with Crippen LogP contribution in [0.4, 0.5) is 0 Å². The summed E-state index contributed by atoms with van der Waals surface area (Å²) in [4.78, 5) is 4.01. The molecule has 24 heavy (non-hydrogen) atoms. The Hall–Kier alpha value is -1.39. The molecule has 3 rings (SSSR count). The van der Waals surface area contributed by atoms with E-state index < -0.39 is 0 Å². The van der Waals surface area contributed by atoms with E-state index >= 15 is 0 Å². The van der Waals surface area contributed by atoms with E-state index in [0.29, 0.717) is 32.4 Å². The normalized spacial score (nSPS) is 10.8. The fourth-order valence-corrected chi connectivity index (χ4v) is 3.33. The molecule has 0 aliphatic carbocycles. The SMILES string of the molecule is Clc1ccc(COc2c(Cl)cc(Cn3ccnc3)cc2Cl)c(Cl)c1. The summed E-state index contributed by atoms with van der Waals surface area (Å²) in [6.07, 6.45) is 5.32. The van der Waals surface area contributed by atoms with Crippen molar-refractivity contribution in [2.75, 3.05) is 0 Å². The first-order valence-corrected chi connectivity index (χ1v) is 8.54. The van der Waals surface area contributed by atoms with Gasteiger partial charge in [0.05, 0.1) is 16.4 Å². The first-order valence-electron chi connectivity index (χ1n) is 7.03. The smallest absolute Gasteiger partial charge is 0.156 e. The lowest BCUT2D eigenvalue weighted by Gasteiger charge is -2.13. The molecule has 0 aliphatic heterocycles. The topological polar surface area (TPSA) is 27.1 Å². The van der Waals surface area contributed by atoms with Crippen LogP contribution in [0.25, 0.3) is 0 Å². The summed E-state index contributed by atoms with van der Waals surface area (Å²) >= 11 is 24.7. The van der Waals surface area contributed by atoms with Gasteiger partial charge in [0.15, 0.2) is 5.75 Å². The molecule has 0 saturated carbocycles. The number of benzene rings is 2. The summed E-state index contributed by atoms with van der Waals surface area (Å²) in [6.45, 7) is 0.874. The van der Waals surface area contributed by atoms with Crippen LogP contribution in [0.3, 0.4) is 0 Å². The Balaban J connectivity index is 1.76. The second kappa shape index (κ2) is 7.66. The maximum atomic E-state index is 6.32. The Morgan fingerprint density at radius 3 is 2.33 bits per heavy atom. The highest BCUT2D eigenvalue weighted by Gasteiger charge is 2.11. The molecule has 3 nitrogen and oxygen atoms in total. The van der Waals surface area contributed by atoms with Gasteiger partial charge in [-0.15, -0.1) is 0 Å². The highest BCUT2D eigenvalue weighted by molar-refractivity contribution is 6.37. The zero-order chi connectivity index (χ0) is 17.1. The van der Waals surface area contributed by atoms with Crippen molar-refractivity contribution in [2.45, 2.75) is 13.2 Å². The predicted octanol–water partition coefficient (Wildman–Crippen LogP) is 6.12. The largest absolute Gasteiger partial charge is 0.486 e. The van der Waals surface area contributed by atoms with E-state index in [1.165, 1.54) is 0 Å². The number of imidazole rings is 1. The van der Waals surface area contributed by atoms with Crippen molar-refractivity contribution in [3.63, 3.8) is 0 Å². The van der Waals surface area contributed by atoms with Crippen molar-refractivity contribution in [2.24, 2.45) is 0 Å². The summed E-state index contributed by atoms with van der Waals surface area (Å²) < 4.78 is 7.68. The number of halogens is 4. The summed E-state index contributed by atoms with van der Waals surface area (Å²) in [5, 5.41) is 2.00. The van der Waals surface area contributed by atoms with E-state index in [1.807, 2.05) is 22.9 Å². The van der Waals surface area contributed by atoms with Gasteiger partial charge < -0.3 is 9.30 Å². The Morgan fingerprint density at radius 1 is 0.958 bits per heavy atom. The quantitative estimate of drug-likeness (QED) is 0.514. The molecule has 0 fully saturated rings. The van der Waals surface area contributed by atoms with Gasteiger partial charge in [-0.05, 0) is 29.8 Å². The molecule has 124 valence electrons. The van der Waals surface area contributed by atoms with E-state index in [0.717, 1.165) is 11.1 Å². The predicted molar refractivity (Wildman–Crippen MR) is 98.6 cm³/mol. The van der Waals surface area contributed by atoms with Crippen LogP contribution in [-0.2, 0) is 13.2 Å². The van der Waals surface area contributed by atoms with Crippen molar-refractivity contribution in [3.05, 3.63) is 80.3 Å². The highest BCUT2D eigenvalue weighted by Crippen LogP contribution is 2.35. The maximum Gasteiger partial charge on any atom is 0.156 e. The van der Waals surface area contributed by atoms with Crippen molar-refractivity contribution in [3.8, 4) is 5.75 Å². The van der Waals surface area contributed by atoms with E-state index in [4.69, 9.17) is 51.1 Å². The molecular formula is C17H12Cl4N2O. The summed E-state index contributed by atoms with van der Waals surface area (Å²) in [6, 6.07) is 8.88. The molecule has 0 bridgehead atoms. The fourth-order valence-electron chi connectivity index (χ4n) is 2.22. The third kappa shape index (κ3) is 4.17. The number of hydrogen-bond donors (Lipinski definition) is 0. The second-order valence-electron chi connectivity index (χ2n) is 5.15. The van der Waals surface area contributed by atoms with Crippen LogP contribution in [0.1, 0.15) is 11.1 Å². The molecule has 1 aromatic heterocycles. The minimum Gasteiger partial charge on any atom is -0.486 e. The summed E-state index contributed by atoms with van der Waals surface area (Å²) in [7, 11) is 0. The molecule has 0 unspecified atom stereocenters. The van der Waals surface area contributed by atoms with Gasteiger partial charge in [0.1, 0.15) is 6.61 Å². The van der Waals surface area contributed by atoms with Crippen molar-refractivity contribution in [1.29, 1.82) is 0 Å². The van der Waals surface area contributed by atoms with Crippen LogP contribution in [0.15, 0.2) is 49.1 Å². The van der Waals surface area contributed by atoms with Crippen molar-refractivity contribution >= 4 is 46.4 Å². The van der Waals surface area contributed by atoms with Gasteiger partial charge in [-0.25, -0.2) is 4.98 Å². The van der Waals surface area contributed by atoms with Crippen molar-refractivity contribution < 1.29 is 4.74 Å². The first kappa shape index (κ1) is 17.4. The Kier molecular flexibility index (Phi) is 5.57. The Morgan fingerprint density at radius 2 is 1.71 bits per heavy atom. The minimum atomic E-state index is 0.246. The molecular weight excluding hydrogens is 390 g/mol. The maximum absolute atomic E-state index is 6.32. The molecule has 7 heteroatoms. The molecule has 1 heterocycles. The van der Waals surface area contributed by atoms with Gasteiger partial charge in [-0.1, -0.05) is 52.5 Å². The van der Waals surface area contributed by atoms with Gasteiger partial charge in [-0.2, -0.15) is 0 Å². The average Bonchev–Trinajstić information content (AvgIpc) is 3.01. The van der Waals surface area contributed by atoms with E-state index in [-0.39, 0.29) is 6.61 Å². The van der Waals surface area contributed by atoms with Gasteiger partial charge in [-0.3, -0.25) is 0 Å². The summed E-state index contributed by atoms with van der Waals surface area (Å²) in [5.41, 5.74) is 1.76. The molecule has 0 aliphatic rings. The van der Waals surface area contributed by atoms with E-state index in [2.05, 4.69) is 4.98 Å². The highest BCUT2D eigenvalue weighted by atomic mass is 35.5. The Labute approximate surface area is 159 Å². The minimum absolute atomic E-state index is 0.246. The second-order valence-corrected chi connectivity index (χ2v) is 6.81. The lowest BCUT2D eigenvalue weighted by Crippen LogP contribution is -2.00. The lowest BCUT2D eigenvalue weighted by atomic mass is 10.2. The molecule has 2 aromatic carbocycles. The van der Waals surface area contributed by atoms with E-state index in [1.54, 1.807) is 30.7 Å². The van der Waals surface area contributed by atoms with Gasteiger partial charge >= 0.3 is 0 Å². The number of hydrogen-bond acceptors (Lipinski definition) is 2. The molecule has 0 amide bonds. The van der Waals surface area contributed by atoms with Crippen LogP contribution in [0, 0.1) is 0 Å². The number of nitrogens with zero attached hydrogens (tertiary/aromatic N) is 2. The third-order valence-corrected chi connectivity index (χ3v) is 4.52. The van der Waals surface area contributed by atoms with Gasteiger partial charge in [0.25, 0.3) is 0 Å². The van der Waals surface area contributed by atoms with Crippen LogP contribution in [0.5, 0.6) is 5.75 Å². The first-order chi connectivity index (χ1) is 11.5. The zero-order valence-corrected chi connectivity index (χ0v) is 15.4. The molecule has 0 saturated heterocycles. The van der Waals surface area contributed by atoms with Gasteiger partial charge in [0.2, 0.25) is 0 Å². The average molecular weight is 402 g/mol. The standard InChI is InChI=1S/C17H12Cl4N2O/c18-13-2-1-12(14(19)7-13)9-24-17-15(20)5-11(6-16(17)21)8-23-4-3-22-10-23/h1-7,10H,8-9H2. The lowest BCUT2D eigenvalue weighted by molar-refractivity contribution is 0.306. The zero-order valence-electron chi connectivity index (χ0n) is 12.3.